The van der Waals surface area contributed by atoms with Gasteiger partial charge in [0.15, 0.2) is 0 Å². The zero-order valence-corrected chi connectivity index (χ0v) is 23.3. The Hall–Kier alpha value is -4.56. The second-order valence-electron chi connectivity index (χ2n) is 10.4. The zero-order valence-electron chi connectivity index (χ0n) is 23.3. The third kappa shape index (κ3) is 5.18. The predicted molar refractivity (Wildman–Crippen MR) is 151 cm³/mol. The highest BCUT2D eigenvalue weighted by Crippen LogP contribution is 2.46. The molecule has 3 aromatic rings. The van der Waals surface area contributed by atoms with Crippen LogP contribution in [0.2, 0.25) is 0 Å². The molecular weight excluding hydrogens is 520 g/mol. The van der Waals surface area contributed by atoms with Crippen LogP contribution in [0.5, 0.6) is 0 Å². The average molecular weight is 555 g/mol. The number of benzene rings is 2. The number of nitrogens with one attached hydrogen (secondary N) is 4. The summed E-state index contributed by atoms with van der Waals surface area (Å²) in [7, 11) is 3.22. The van der Waals surface area contributed by atoms with Crippen molar-refractivity contribution in [3.05, 3.63) is 81.9 Å². The van der Waals surface area contributed by atoms with Crippen LogP contribution in [0.1, 0.15) is 68.1 Å². The number of carbonyl (C=O) groups is 3. The van der Waals surface area contributed by atoms with Crippen molar-refractivity contribution in [1.82, 2.24) is 36.0 Å². The summed E-state index contributed by atoms with van der Waals surface area (Å²) in [5.41, 5.74) is 4.33. The van der Waals surface area contributed by atoms with Crippen molar-refractivity contribution in [3.63, 3.8) is 0 Å². The summed E-state index contributed by atoms with van der Waals surface area (Å²) >= 11 is 0. The number of likely N-dealkylation sites (tertiary alicyclic amines) is 1. The number of carbonyl (C=O) groups excluding carboxylic acids is 3. The molecule has 1 aliphatic heterocycles. The summed E-state index contributed by atoms with van der Waals surface area (Å²) < 4.78 is 0. The molecule has 0 bridgehead atoms. The van der Waals surface area contributed by atoms with Crippen molar-refractivity contribution in [2.75, 3.05) is 33.7 Å². The molecule has 2 heterocycles. The van der Waals surface area contributed by atoms with Gasteiger partial charge in [0, 0.05) is 31.8 Å². The maximum absolute atomic E-state index is 12.9. The molecule has 212 valence electrons. The Labute approximate surface area is 238 Å². The quantitative estimate of drug-likeness (QED) is 0.307. The standard InChI is InChI=1S/C30H34N8O3/c1-32-27(40)21-7-9-24-19(14-21)5-6-20-15-22(28(41)33-2)8-10-25(20)30(24,29-35-18-36-37-29)11-12-34-17-26(39)38-13-3-4-23(38)16-31/h7-10,14-15,18,23,34H,3-6,11-13,17H2,1-2H3,(H,32,40)(H,33,41)(H,35,36,37). The summed E-state index contributed by atoms with van der Waals surface area (Å²) in [4.78, 5) is 42.8. The van der Waals surface area contributed by atoms with Gasteiger partial charge in [0.1, 0.15) is 18.2 Å². The number of fused-ring (bicyclic) bond motifs is 2. The lowest BCUT2D eigenvalue weighted by Crippen LogP contribution is -2.42. The summed E-state index contributed by atoms with van der Waals surface area (Å²) in [5, 5.41) is 26.7. The molecule has 3 amide bonds. The van der Waals surface area contributed by atoms with Crippen molar-refractivity contribution < 1.29 is 14.4 Å². The number of rotatable bonds is 8. The molecule has 5 rings (SSSR count). The van der Waals surface area contributed by atoms with Crippen molar-refractivity contribution in [2.45, 2.75) is 43.6 Å². The highest BCUT2D eigenvalue weighted by Gasteiger charge is 2.43. The number of aryl methyl sites for hydroxylation is 2. The number of nitrogens with zero attached hydrogens (tertiary/aromatic N) is 4. The minimum Gasteiger partial charge on any atom is -0.355 e. The van der Waals surface area contributed by atoms with Crippen molar-refractivity contribution in [1.29, 1.82) is 5.26 Å². The first-order chi connectivity index (χ1) is 19.9. The molecular formula is C30H34N8O3. The third-order valence-corrected chi connectivity index (χ3v) is 8.27. The third-order valence-electron chi connectivity index (χ3n) is 8.27. The number of nitriles is 1. The van der Waals surface area contributed by atoms with Gasteiger partial charge in [-0.25, -0.2) is 0 Å². The van der Waals surface area contributed by atoms with E-state index in [4.69, 9.17) is 0 Å². The Morgan fingerprint density at radius 1 is 1.05 bits per heavy atom. The minimum absolute atomic E-state index is 0.0881. The van der Waals surface area contributed by atoms with Gasteiger partial charge >= 0.3 is 0 Å². The largest absolute Gasteiger partial charge is 0.355 e. The van der Waals surface area contributed by atoms with E-state index in [0.717, 1.165) is 28.7 Å². The van der Waals surface area contributed by atoms with E-state index in [1.54, 1.807) is 25.3 Å². The van der Waals surface area contributed by atoms with Gasteiger partial charge in [-0.3, -0.25) is 14.4 Å². The van der Waals surface area contributed by atoms with Crippen LogP contribution in [0, 0.1) is 11.3 Å². The predicted octanol–water partition coefficient (Wildman–Crippen LogP) is 1.45. The Balaban J connectivity index is 1.55. The van der Waals surface area contributed by atoms with E-state index < -0.39 is 5.41 Å². The topological polar surface area (TPSA) is 156 Å². The van der Waals surface area contributed by atoms with Crippen LogP contribution in [-0.4, -0.2) is 77.6 Å². The van der Waals surface area contributed by atoms with Crippen LogP contribution in [0.4, 0.5) is 0 Å². The van der Waals surface area contributed by atoms with E-state index in [-0.39, 0.29) is 30.3 Å². The lowest BCUT2D eigenvalue weighted by Gasteiger charge is -2.35. The van der Waals surface area contributed by atoms with E-state index in [0.29, 0.717) is 55.7 Å². The van der Waals surface area contributed by atoms with Crippen LogP contribution < -0.4 is 16.0 Å². The molecule has 0 spiro atoms. The number of aromatic amines is 1. The molecule has 1 aromatic heterocycles. The molecule has 0 radical (unpaired) electrons. The fourth-order valence-corrected chi connectivity index (χ4v) is 6.25. The van der Waals surface area contributed by atoms with Crippen molar-refractivity contribution in [3.8, 4) is 6.07 Å². The molecule has 4 N–H and O–H groups in total. The fraction of sp³-hybridized carbons (Fsp3) is 0.400. The Morgan fingerprint density at radius 3 is 2.22 bits per heavy atom. The lowest BCUT2D eigenvalue weighted by atomic mass is 9.69. The van der Waals surface area contributed by atoms with Gasteiger partial charge in [0.2, 0.25) is 5.91 Å². The Bertz CT molecular complexity index is 1430. The molecule has 1 fully saturated rings. The summed E-state index contributed by atoms with van der Waals surface area (Å²) in [6, 6.07) is 13.3. The van der Waals surface area contributed by atoms with Gasteiger partial charge in [-0.15, -0.1) is 10.2 Å². The summed E-state index contributed by atoms with van der Waals surface area (Å²) in [5.74, 6) is 0.216. The molecule has 41 heavy (non-hydrogen) atoms. The van der Waals surface area contributed by atoms with Crippen molar-refractivity contribution in [2.24, 2.45) is 0 Å². The van der Waals surface area contributed by atoms with Crippen LogP contribution in [0.15, 0.2) is 42.7 Å². The van der Waals surface area contributed by atoms with Crippen LogP contribution in [0.25, 0.3) is 0 Å². The van der Waals surface area contributed by atoms with Gasteiger partial charge in [-0.2, -0.15) is 5.26 Å². The molecule has 11 heteroatoms. The monoisotopic (exact) mass is 554 g/mol. The highest BCUT2D eigenvalue weighted by molar-refractivity contribution is 5.95. The normalized spacial score (nSPS) is 17.1. The van der Waals surface area contributed by atoms with Crippen LogP contribution in [0.3, 0.4) is 0 Å². The maximum Gasteiger partial charge on any atom is 0.251 e. The molecule has 1 saturated heterocycles. The molecule has 2 aliphatic rings. The van der Waals surface area contributed by atoms with E-state index in [1.165, 1.54) is 0 Å². The number of H-pyrrole nitrogens is 1. The second-order valence-corrected chi connectivity index (χ2v) is 10.4. The summed E-state index contributed by atoms with van der Waals surface area (Å²) in [6.07, 6.45) is 4.94. The SMILES string of the molecule is CNC(=O)c1ccc2c(c1)CCc1cc(C(=O)NC)ccc1C2(CCNCC(=O)N1CCCC1C#N)c1nnc[nH]1. The second kappa shape index (κ2) is 11.9. The van der Waals surface area contributed by atoms with Gasteiger partial charge in [-0.1, -0.05) is 12.1 Å². The zero-order chi connectivity index (χ0) is 29.0. The van der Waals surface area contributed by atoms with Crippen LogP contribution in [-0.2, 0) is 23.1 Å². The average Bonchev–Trinajstić information content (AvgIpc) is 3.70. The number of amides is 3. The van der Waals surface area contributed by atoms with Gasteiger partial charge in [0.25, 0.3) is 11.8 Å². The Kier molecular flexibility index (Phi) is 8.12. The highest BCUT2D eigenvalue weighted by atomic mass is 16.2. The van der Waals surface area contributed by atoms with Crippen molar-refractivity contribution >= 4 is 17.7 Å². The van der Waals surface area contributed by atoms with E-state index in [1.807, 2.05) is 36.4 Å². The molecule has 11 nitrogen and oxygen atoms in total. The van der Waals surface area contributed by atoms with E-state index in [9.17, 15) is 19.6 Å². The Morgan fingerprint density at radius 2 is 1.68 bits per heavy atom. The lowest BCUT2D eigenvalue weighted by molar-refractivity contribution is -0.130. The fourth-order valence-electron chi connectivity index (χ4n) is 6.25. The van der Waals surface area contributed by atoms with Gasteiger partial charge in [-0.05, 0) is 85.2 Å². The minimum atomic E-state index is -0.793. The van der Waals surface area contributed by atoms with Gasteiger partial charge in [0.05, 0.1) is 18.0 Å². The van der Waals surface area contributed by atoms with E-state index in [2.05, 4.69) is 37.2 Å². The molecule has 2 aromatic carbocycles. The van der Waals surface area contributed by atoms with Gasteiger partial charge < -0.3 is 25.8 Å². The first-order valence-electron chi connectivity index (χ1n) is 13.9. The van der Waals surface area contributed by atoms with Crippen LogP contribution >= 0.6 is 0 Å². The van der Waals surface area contributed by atoms with E-state index >= 15 is 0 Å². The molecule has 1 unspecified atom stereocenters. The molecule has 1 atom stereocenters. The number of aromatic nitrogens is 3. The number of hydrogen-bond donors (Lipinski definition) is 4. The first-order valence-corrected chi connectivity index (χ1v) is 13.9. The molecule has 0 saturated carbocycles. The summed E-state index contributed by atoms with van der Waals surface area (Å²) in [6.45, 7) is 1.18. The number of hydrogen-bond acceptors (Lipinski definition) is 7. The smallest absolute Gasteiger partial charge is 0.251 e. The molecule has 1 aliphatic carbocycles. The first kappa shape index (κ1) is 28.0. The maximum atomic E-state index is 12.9.